The van der Waals surface area contributed by atoms with Gasteiger partial charge >= 0.3 is 0 Å². The van der Waals surface area contributed by atoms with Gasteiger partial charge in [-0.1, -0.05) is 30.0 Å². The zero-order valence-corrected chi connectivity index (χ0v) is 12.9. The number of carbonyl (C=O) groups is 1. The van der Waals surface area contributed by atoms with E-state index in [9.17, 15) is 9.90 Å². The van der Waals surface area contributed by atoms with E-state index in [1.54, 1.807) is 11.8 Å². The molecule has 1 aromatic carbocycles. The van der Waals surface area contributed by atoms with Gasteiger partial charge in [-0.3, -0.25) is 9.89 Å². The van der Waals surface area contributed by atoms with Crippen LogP contribution in [0.2, 0.25) is 0 Å². The van der Waals surface area contributed by atoms with E-state index in [1.807, 2.05) is 41.8 Å². The zero-order chi connectivity index (χ0) is 15.4. The molecule has 22 heavy (non-hydrogen) atoms. The van der Waals surface area contributed by atoms with Gasteiger partial charge in [0.05, 0.1) is 4.21 Å². The summed E-state index contributed by atoms with van der Waals surface area (Å²) in [5.74, 6) is -0.406. The maximum absolute atomic E-state index is 11.8. The highest BCUT2D eigenvalue weighted by molar-refractivity contribution is 8.01. The van der Waals surface area contributed by atoms with Crippen molar-refractivity contribution in [3.05, 3.63) is 65.6 Å². The molecule has 2 N–H and O–H groups in total. The third-order valence-electron chi connectivity index (χ3n) is 2.75. The molecule has 0 saturated carbocycles. The van der Waals surface area contributed by atoms with Crippen LogP contribution >= 0.6 is 23.1 Å². The van der Waals surface area contributed by atoms with Crippen molar-refractivity contribution in [3.8, 4) is 0 Å². The maximum atomic E-state index is 11.8. The molecule has 3 rings (SSSR count). The zero-order valence-electron chi connectivity index (χ0n) is 11.3. The van der Waals surface area contributed by atoms with E-state index < -0.39 is 5.78 Å². The van der Waals surface area contributed by atoms with Crippen LogP contribution in [0, 0.1) is 0 Å². The number of nitrogens with zero attached hydrogens (tertiary/aromatic N) is 2. The minimum absolute atomic E-state index is 0.0856. The van der Waals surface area contributed by atoms with Crippen LogP contribution in [0.15, 0.2) is 63.3 Å². The summed E-state index contributed by atoms with van der Waals surface area (Å²) >= 11 is 3.12. The fraction of sp³-hybridized carbons (Fsp3) is 0. The van der Waals surface area contributed by atoms with Gasteiger partial charge < -0.3 is 5.11 Å². The molecule has 0 atom stereocenters. The topological polar surface area (TPSA) is 78.9 Å². The number of hydrogen-bond acceptors (Lipinski definition) is 6. The highest BCUT2D eigenvalue weighted by Crippen LogP contribution is 2.34. The van der Waals surface area contributed by atoms with E-state index in [0.29, 0.717) is 5.56 Å². The standard InChI is InChI=1S/C15H11N3O2S2/c19-12(7-13(20)15-16-9-17-18-15)10-6-14(21-8-10)22-11-4-2-1-3-5-11/h1-9,19H,(H,16,17,18). The molecule has 0 spiro atoms. The van der Waals surface area contributed by atoms with Crippen molar-refractivity contribution in [1.29, 1.82) is 0 Å². The maximum Gasteiger partial charge on any atom is 0.226 e. The number of thiophene rings is 1. The predicted molar refractivity (Wildman–Crippen MR) is 86.2 cm³/mol. The second kappa shape index (κ2) is 6.59. The molecule has 2 aromatic heterocycles. The first-order chi connectivity index (χ1) is 10.7. The van der Waals surface area contributed by atoms with Crippen LogP contribution in [-0.2, 0) is 0 Å². The Morgan fingerprint density at radius 3 is 2.86 bits per heavy atom. The predicted octanol–water partition coefficient (Wildman–Crippen LogP) is 3.80. The molecule has 0 bridgehead atoms. The first-order valence-corrected chi connectivity index (χ1v) is 8.04. The van der Waals surface area contributed by atoms with E-state index in [1.165, 1.54) is 17.7 Å². The van der Waals surface area contributed by atoms with Crippen LogP contribution in [-0.4, -0.2) is 26.1 Å². The Kier molecular flexibility index (Phi) is 4.36. The van der Waals surface area contributed by atoms with Crippen LogP contribution in [0.4, 0.5) is 0 Å². The van der Waals surface area contributed by atoms with E-state index in [4.69, 9.17) is 0 Å². The molecule has 0 aliphatic rings. The number of ketones is 1. The largest absolute Gasteiger partial charge is 0.507 e. The summed E-state index contributed by atoms with van der Waals surface area (Å²) in [5.41, 5.74) is 0.608. The number of H-pyrrole nitrogens is 1. The molecule has 0 saturated heterocycles. The van der Waals surface area contributed by atoms with Crippen molar-refractivity contribution in [2.24, 2.45) is 0 Å². The van der Waals surface area contributed by atoms with Gasteiger partial charge in [-0.15, -0.1) is 11.3 Å². The molecular weight excluding hydrogens is 318 g/mol. The molecule has 5 nitrogen and oxygen atoms in total. The first kappa shape index (κ1) is 14.6. The Bertz CT molecular complexity index is 795. The van der Waals surface area contributed by atoms with E-state index in [0.717, 1.165) is 15.2 Å². The van der Waals surface area contributed by atoms with Gasteiger partial charge in [0, 0.05) is 21.9 Å². The summed E-state index contributed by atoms with van der Waals surface area (Å²) in [6.45, 7) is 0. The minimum atomic E-state index is -0.418. The highest BCUT2D eigenvalue weighted by atomic mass is 32.2. The average molecular weight is 329 g/mol. The summed E-state index contributed by atoms with van der Waals surface area (Å²) < 4.78 is 1.04. The van der Waals surface area contributed by atoms with Crippen LogP contribution in [0.3, 0.4) is 0 Å². The summed E-state index contributed by atoms with van der Waals surface area (Å²) in [4.78, 5) is 16.7. The van der Waals surface area contributed by atoms with Gasteiger partial charge in [-0.2, -0.15) is 5.10 Å². The lowest BCUT2D eigenvalue weighted by molar-refractivity contribution is 0.103. The van der Waals surface area contributed by atoms with Gasteiger partial charge in [-0.25, -0.2) is 4.98 Å². The monoisotopic (exact) mass is 329 g/mol. The van der Waals surface area contributed by atoms with Crippen LogP contribution in [0.5, 0.6) is 0 Å². The number of hydrogen-bond donors (Lipinski definition) is 2. The Morgan fingerprint density at radius 2 is 2.14 bits per heavy atom. The number of rotatable bonds is 5. The molecule has 3 aromatic rings. The lowest BCUT2D eigenvalue weighted by Crippen LogP contribution is -1.98. The second-order valence-electron chi connectivity index (χ2n) is 4.30. The third kappa shape index (κ3) is 3.44. The molecule has 0 aliphatic heterocycles. The Hall–Kier alpha value is -2.38. The van der Waals surface area contributed by atoms with E-state index in [2.05, 4.69) is 15.2 Å². The van der Waals surface area contributed by atoms with Crippen molar-refractivity contribution in [2.45, 2.75) is 9.10 Å². The van der Waals surface area contributed by atoms with E-state index in [-0.39, 0.29) is 11.6 Å². The SMILES string of the molecule is O=C(C=C(O)c1csc(Sc2ccccc2)c1)c1ncn[nH]1. The molecule has 0 aliphatic carbocycles. The van der Waals surface area contributed by atoms with Gasteiger partial charge in [0.1, 0.15) is 12.1 Å². The van der Waals surface area contributed by atoms with Crippen molar-refractivity contribution < 1.29 is 9.90 Å². The lowest BCUT2D eigenvalue weighted by atomic mass is 10.2. The van der Waals surface area contributed by atoms with Crippen molar-refractivity contribution in [1.82, 2.24) is 15.2 Å². The smallest absolute Gasteiger partial charge is 0.226 e. The highest BCUT2D eigenvalue weighted by Gasteiger charge is 2.10. The van der Waals surface area contributed by atoms with Crippen LogP contribution < -0.4 is 0 Å². The number of allylic oxidation sites excluding steroid dienone is 1. The van der Waals surface area contributed by atoms with Crippen molar-refractivity contribution >= 4 is 34.6 Å². The molecule has 0 unspecified atom stereocenters. The molecule has 0 amide bonds. The number of aromatic amines is 1. The summed E-state index contributed by atoms with van der Waals surface area (Å²) in [6, 6.07) is 11.8. The lowest BCUT2D eigenvalue weighted by Gasteiger charge is -1.97. The average Bonchev–Trinajstić information content (AvgIpc) is 3.19. The number of carbonyl (C=O) groups excluding carboxylic acids is 1. The Morgan fingerprint density at radius 1 is 1.32 bits per heavy atom. The van der Waals surface area contributed by atoms with Crippen LogP contribution in [0.1, 0.15) is 16.2 Å². The second-order valence-corrected chi connectivity index (χ2v) is 6.58. The number of aliphatic hydroxyl groups excluding tert-OH is 1. The quantitative estimate of drug-likeness (QED) is 0.423. The fourth-order valence-electron chi connectivity index (χ4n) is 1.71. The number of nitrogens with one attached hydrogen (secondary N) is 1. The minimum Gasteiger partial charge on any atom is -0.507 e. The van der Waals surface area contributed by atoms with Gasteiger partial charge in [-0.05, 0) is 18.2 Å². The molecule has 0 fully saturated rings. The first-order valence-electron chi connectivity index (χ1n) is 6.34. The Balaban J connectivity index is 1.74. The van der Waals surface area contributed by atoms with Crippen LogP contribution in [0.25, 0.3) is 5.76 Å². The van der Waals surface area contributed by atoms with Gasteiger partial charge in [0.25, 0.3) is 0 Å². The Labute approximate surface area is 134 Å². The van der Waals surface area contributed by atoms with E-state index >= 15 is 0 Å². The molecule has 7 heteroatoms. The third-order valence-corrected chi connectivity index (χ3v) is 4.84. The molecule has 2 heterocycles. The fourth-order valence-corrected chi connectivity index (χ4v) is 3.67. The number of aliphatic hydroxyl groups is 1. The van der Waals surface area contributed by atoms with Gasteiger partial charge in [0.15, 0.2) is 5.82 Å². The summed E-state index contributed by atoms with van der Waals surface area (Å²) in [7, 11) is 0. The molecule has 0 radical (unpaired) electrons. The normalized spacial score (nSPS) is 11.5. The summed E-state index contributed by atoms with van der Waals surface area (Å²) in [6.07, 6.45) is 2.39. The van der Waals surface area contributed by atoms with Crippen molar-refractivity contribution in [3.63, 3.8) is 0 Å². The molecule has 110 valence electrons. The van der Waals surface area contributed by atoms with Crippen molar-refractivity contribution in [2.75, 3.05) is 0 Å². The molecular formula is C15H11N3O2S2. The number of aromatic nitrogens is 3. The number of benzene rings is 1. The summed E-state index contributed by atoms with van der Waals surface area (Å²) in [5, 5.41) is 17.9. The van der Waals surface area contributed by atoms with Gasteiger partial charge in [0.2, 0.25) is 5.78 Å².